The van der Waals surface area contributed by atoms with Crippen LogP contribution in [0.25, 0.3) is 0 Å². The molecule has 0 unspecified atom stereocenters. The molecule has 0 bridgehead atoms. The van der Waals surface area contributed by atoms with Gasteiger partial charge in [0.1, 0.15) is 16.4 Å². The van der Waals surface area contributed by atoms with Crippen molar-refractivity contribution in [3.8, 4) is 5.75 Å². The van der Waals surface area contributed by atoms with Gasteiger partial charge < -0.3 is 4.74 Å². The molecule has 78 valence electrons. The molecule has 0 aliphatic rings. The van der Waals surface area contributed by atoms with Crippen LogP contribution in [0.3, 0.4) is 0 Å². The van der Waals surface area contributed by atoms with Gasteiger partial charge in [-0.25, -0.2) is 8.78 Å². The van der Waals surface area contributed by atoms with Gasteiger partial charge in [0.15, 0.2) is 11.6 Å². The zero-order valence-corrected chi connectivity index (χ0v) is 8.95. The van der Waals surface area contributed by atoms with E-state index in [9.17, 15) is 8.78 Å². The van der Waals surface area contributed by atoms with Crippen molar-refractivity contribution in [2.45, 2.75) is 26.4 Å². The first-order valence-electron chi connectivity index (χ1n) is 4.14. The van der Waals surface area contributed by atoms with Gasteiger partial charge in [0.25, 0.3) is 0 Å². The Balaban J connectivity index is 3.13. The molecule has 0 amide bonds. The Morgan fingerprint density at radius 3 is 2.14 bits per heavy atom. The standard InChI is InChI=1S/C10H11ClF2O/c1-10(2,3)14-9-7(13)5-4-6(12)8(9)11/h4-5H,1-3H3. The van der Waals surface area contributed by atoms with E-state index in [1.165, 1.54) is 0 Å². The fourth-order valence-corrected chi connectivity index (χ4v) is 1.10. The van der Waals surface area contributed by atoms with Gasteiger partial charge in [-0.15, -0.1) is 0 Å². The molecule has 0 aliphatic heterocycles. The van der Waals surface area contributed by atoms with Gasteiger partial charge in [0, 0.05) is 0 Å². The molecule has 14 heavy (non-hydrogen) atoms. The van der Waals surface area contributed by atoms with Crippen LogP contribution >= 0.6 is 11.6 Å². The second-order valence-electron chi connectivity index (χ2n) is 3.89. The first-order chi connectivity index (χ1) is 6.31. The van der Waals surface area contributed by atoms with E-state index in [0.717, 1.165) is 12.1 Å². The highest BCUT2D eigenvalue weighted by Gasteiger charge is 2.19. The van der Waals surface area contributed by atoms with E-state index in [1.54, 1.807) is 20.8 Å². The van der Waals surface area contributed by atoms with Crippen molar-refractivity contribution in [2.75, 3.05) is 0 Å². The Kier molecular flexibility index (Phi) is 3.00. The third kappa shape index (κ3) is 2.58. The molecule has 0 saturated heterocycles. The largest absolute Gasteiger partial charge is 0.483 e. The van der Waals surface area contributed by atoms with Crippen LogP contribution in [0.2, 0.25) is 5.02 Å². The number of hydrogen-bond acceptors (Lipinski definition) is 1. The number of rotatable bonds is 1. The molecule has 0 radical (unpaired) electrons. The van der Waals surface area contributed by atoms with Crippen LogP contribution in [0.5, 0.6) is 5.75 Å². The average Bonchev–Trinajstić information content (AvgIpc) is 2.04. The maximum Gasteiger partial charge on any atom is 0.177 e. The van der Waals surface area contributed by atoms with Gasteiger partial charge in [-0.05, 0) is 32.9 Å². The molecule has 0 fully saturated rings. The van der Waals surface area contributed by atoms with Gasteiger partial charge in [-0.1, -0.05) is 11.6 Å². The number of halogens is 3. The van der Waals surface area contributed by atoms with Crippen LogP contribution in [0, 0.1) is 11.6 Å². The molecule has 0 heterocycles. The molecular formula is C10H11ClF2O. The third-order valence-corrected chi connectivity index (χ3v) is 1.76. The lowest BCUT2D eigenvalue weighted by molar-refractivity contribution is 0.124. The summed E-state index contributed by atoms with van der Waals surface area (Å²) in [5, 5.41) is -0.320. The van der Waals surface area contributed by atoms with Crippen molar-refractivity contribution in [1.29, 1.82) is 0 Å². The lowest BCUT2D eigenvalue weighted by Gasteiger charge is -2.22. The third-order valence-electron chi connectivity index (χ3n) is 1.41. The summed E-state index contributed by atoms with van der Waals surface area (Å²) >= 11 is 5.56. The highest BCUT2D eigenvalue weighted by molar-refractivity contribution is 6.32. The minimum Gasteiger partial charge on any atom is -0.483 e. The van der Waals surface area contributed by atoms with Crippen molar-refractivity contribution in [3.63, 3.8) is 0 Å². The summed E-state index contributed by atoms with van der Waals surface area (Å²) in [7, 11) is 0. The summed E-state index contributed by atoms with van der Waals surface area (Å²) in [5.41, 5.74) is -0.613. The molecule has 0 aliphatic carbocycles. The zero-order valence-electron chi connectivity index (χ0n) is 8.20. The number of hydrogen-bond donors (Lipinski definition) is 0. The van der Waals surface area contributed by atoms with Crippen LogP contribution in [0.1, 0.15) is 20.8 Å². The highest BCUT2D eigenvalue weighted by atomic mass is 35.5. The van der Waals surface area contributed by atoms with Crippen LogP contribution in [0.15, 0.2) is 12.1 Å². The predicted molar refractivity (Wildman–Crippen MR) is 51.7 cm³/mol. The molecule has 0 spiro atoms. The van der Waals surface area contributed by atoms with Crippen molar-refractivity contribution >= 4 is 11.6 Å². The monoisotopic (exact) mass is 220 g/mol. The molecule has 0 aromatic heterocycles. The van der Waals surface area contributed by atoms with Gasteiger partial charge in [0.2, 0.25) is 0 Å². The Bertz CT molecular complexity index is 345. The van der Waals surface area contributed by atoms with Gasteiger partial charge in [-0.2, -0.15) is 0 Å². The zero-order chi connectivity index (χ0) is 10.9. The maximum absolute atomic E-state index is 13.2. The average molecular weight is 221 g/mol. The van der Waals surface area contributed by atoms with E-state index in [2.05, 4.69) is 0 Å². The molecule has 0 N–H and O–H groups in total. The molecular weight excluding hydrogens is 210 g/mol. The molecule has 1 aromatic rings. The molecule has 4 heteroatoms. The summed E-state index contributed by atoms with van der Waals surface area (Å²) in [5.74, 6) is -1.59. The Hall–Kier alpha value is -0.830. The minimum atomic E-state index is -0.688. The summed E-state index contributed by atoms with van der Waals surface area (Å²) in [6, 6.07) is 1.95. The van der Waals surface area contributed by atoms with Crippen LogP contribution in [0.4, 0.5) is 8.78 Å². The smallest absolute Gasteiger partial charge is 0.177 e. The molecule has 0 saturated carbocycles. The normalized spacial score (nSPS) is 11.6. The van der Waals surface area contributed by atoms with E-state index in [1.807, 2.05) is 0 Å². The van der Waals surface area contributed by atoms with Gasteiger partial charge in [0.05, 0.1) is 0 Å². The van der Waals surface area contributed by atoms with E-state index in [-0.39, 0.29) is 10.8 Å². The summed E-state index contributed by atoms with van der Waals surface area (Å²) < 4.78 is 31.3. The predicted octanol–water partition coefficient (Wildman–Crippen LogP) is 3.80. The summed E-state index contributed by atoms with van der Waals surface area (Å²) in [6.07, 6.45) is 0. The van der Waals surface area contributed by atoms with Crippen LogP contribution < -0.4 is 4.74 Å². The number of benzene rings is 1. The minimum absolute atomic E-state index is 0.237. The second kappa shape index (κ2) is 3.73. The van der Waals surface area contributed by atoms with Crippen molar-refractivity contribution in [3.05, 3.63) is 28.8 Å². The lowest BCUT2D eigenvalue weighted by atomic mass is 10.2. The number of ether oxygens (including phenoxy) is 1. The molecule has 1 rings (SSSR count). The quantitative estimate of drug-likeness (QED) is 0.655. The van der Waals surface area contributed by atoms with E-state index in [4.69, 9.17) is 16.3 Å². The van der Waals surface area contributed by atoms with E-state index >= 15 is 0 Å². The Labute approximate surface area is 86.6 Å². The first-order valence-corrected chi connectivity index (χ1v) is 4.51. The van der Waals surface area contributed by atoms with E-state index in [0.29, 0.717) is 0 Å². The fraction of sp³-hybridized carbons (Fsp3) is 0.400. The van der Waals surface area contributed by atoms with Crippen molar-refractivity contribution < 1.29 is 13.5 Å². The van der Waals surface area contributed by atoms with Gasteiger partial charge in [-0.3, -0.25) is 0 Å². The maximum atomic E-state index is 13.2. The van der Waals surface area contributed by atoms with E-state index < -0.39 is 17.2 Å². The van der Waals surface area contributed by atoms with Gasteiger partial charge >= 0.3 is 0 Å². The highest BCUT2D eigenvalue weighted by Crippen LogP contribution is 2.32. The molecule has 1 nitrogen and oxygen atoms in total. The lowest BCUT2D eigenvalue weighted by Crippen LogP contribution is -2.23. The van der Waals surface area contributed by atoms with Crippen molar-refractivity contribution in [2.24, 2.45) is 0 Å². The summed E-state index contributed by atoms with van der Waals surface area (Å²) in [6.45, 7) is 5.19. The summed E-state index contributed by atoms with van der Waals surface area (Å²) in [4.78, 5) is 0. The fourth-order valence-electron chi connectivity index (χ4n) is 0.908. The second-order valence-corrected chi connectivity index (χ2v) is 4.26. The first kappa shape index (κ1) is 11.2. The van der Waals surface area contributed by atoms with Crippen LogP contribution in [-0.2, 0) is 0 Å². The van der Waals surface area contributed by atoms with Crippen LogP contribution in [-0.4, -0.2) is 5.60 Å². The Morgan fingerprint density at radius 1 is 1.14 bits per heavy atom. The van der Waals surface area contributed by atoms with Crippen molar-refractivity contribution in [1.82, 2.24) is 0 Å². The SMILES string of the molecule is CC(C)(C)Oc1c(F)ccc(F)c1Cl. The Morgan fingerprint density at radius 2 is 1.64 bits per heavy atom. The molecule has 0 atom stereocenters. The topological polar surface area (TPSA) is 9.23 Å². The molecule has 1 aromatic carbocycles.